The summed E-state index contributed by atoms with van der Waals surface area (Å²) in [5.41, 5.74) is 23.3. The van der Waals surface area contributed by atoms with E-state index in [1.165, 1.54) is 47.7 Å². The second-order valence-corrected chi connectivity index (χ2v) is 26.2. The number of carbonyl (C=O) groups excluding carboxylic acids is 9. The molecule has 0 unspecified atom stereocenters. The summed E-state index contributed by atoms with van der Waals surface area (Å²) >= 11 is 18.1. The van der Waals surface area contributed by atoms with Crippen LogP contribution in [0, 0.1) is 27.2 Å². The number of nitrogens with one attached hydrogen (secondary N) is 1. The maximum absolute atomic E-state index is 13.7. The molecule has 1 aliphatic rings. The van der Waals surface area contributed by atoms with Gasteiger partial charge in [-0.15, -0.1) is 45.6 Å². The van der Waals surface area contributed by atoms with Gasteiger partial charge >= 0.3 is 24.4 Å². The number of esters is 1. The molecule has 0 fully saturated rings. The first-order valence-electron chi connectivity index (χ1n) is 31.2. The molecule has 0 saturated carbocycles. The molecule has 1 atom stereocenters. The molecule has 26 nitrogen and oxygen atoms in total. The summed E-state index contributed by atoms with van der Waals surface area (Å²) in [4.78, 5) is 126. The SMILES string of the molecule is CC(C)(C)OC(=O)Nc1ccc(-c2cscn2)cc1.CCO.CCOC(=O)C(N)=S.CCc1nc(-c2ccc([N+](=O)[O-])cc2)cs1.Cc1cccc2c(O)cc3c(c12)[C@H](CCl)CN3C(=O)c1nc(-c2ccc(CC(=O)c3ccc(N)cc3)cc2)cs1.O=C(CBr)c1ccc([N+](=O)[O-])cc1.O=C=O.O=C=O. The van der Waals surface area contributed by atoms with Gasteiger partial charge in [0.2, 0.25) is 0 Å². The number of nitro groups is 2. The zero-order chi connectivity index (χ0) is 77.9. The number of ether oxygens (including phenoxy) is 2. The van der Waals surface area contributed by atoms with Crippen LogP contribution in [0.15, 0.2) is 167 Å². The van der Waals surface area contributed by atoms with E-state index in [0.717, 1.165) is 67.0 Å². The minimum absolute atomic E-state index is 0.00822. The number of anilines is 3. The molecule has 32 heteroatoms. The van der Waals surface area contributed by atoms with Gasteiger partial charge in [-0.05, 0) is 131 Å². The molecule has 0 aliphatic carbocycles. The number of nitrogen functional groups attached to an aromatic ring is 1. The highest BCUT2D eigenvalue weighted by Gasteiger charge is 2.36. The van der Waals surface area contributed by atoms with Crippen LogP contribution in [0.25, 0.3) is 44.5 Å². The molecule has 10 aromatic rings. The smallest absolute Gasteiger partial charge is 0.412 e. The number of amides is 2. The Morgan fingerprint density at radius 3 is 1.76 bits per heavy atom. The number of aromatic nitrogens is 3. The number of rotatable bonds is 15. The van der Waals surface area contributed by atoms with Crippen molar-refractivity contribution in [2.45, 2.75) is 72.8 Å². The number of aryl methyl sites for hydroxylation is 2. The number of aromatic hydroxyl groups is 1. The standard InChI is InChI=1S/C32H26ClN3O3S.C14H16N2O2S.C11H10N2O2S.C8H6BrNO3.C4H7NO2S.C2H6O.2CO2/c1-18-3-2-4-24-28(38)14-26-30(29(18)24)22(15-33)16-36(26)32(39)31-35-25(17-40-31)20-7-5-19(6-8-20)13-27(37)21-9-11-23(34)12-10-21;1-14(2,3)18-13(17)16-11-6-4-10(5-7-11)12-8-19-9-15-12;1-2-11-12-10(7-16-11)8-3-5-9(6-4-8)13(14)15;9-5-8(11)6-1-3-7(4-2-6)10(12)13;1-2-7-4(6)3(5)8;1-2-3;2*2-1-3/h2-12,14,17,22,38H,13,15-16,34H2,1H3;4-9H,1-3H3,(H,16,17);3-7H,2H2,1H3;1-4H,5H2;2H2,1H3,(H2,5,8);3H,2H2,1H3;;/t22-;;;;;;;/m1......./s1. The van der Waals surface area contributed by atoms with Crippen LogP contribution in [-0.4, -0.2) is 118 Å². The lowest BCUT2D eigenvalue weighted by molar-refractivity contribution is -0.385. The molecule has 0 bridgehead atoms. The summed E-state index contributed by atoms with van der Waals surface area (Å²) in [6.45, 7) is 13.9. The lowest BCUT2D eigenvalue weighted by Crippen LogP contribution is -2.30. The van der Waals surface area contributed by atoms with E-state index in [-0.39, 0.29) is 76.2 Å². The fourth-order valence-corrected chi connectivity index (χ4v) is 12.0. The van der Waals surface area contributed by atoms with E-state index in [2.05, 4.69) is 60.1 Å². The predicted octanol–water partition coefficient (Wildman–Crippen LogP) is 15.2. The molecular weight excluding hydrogens is 1520 g/mol. The van der Waals surface area contributed by atoms with E-state index < -0.39 is 27.5 Å². The number of alkyl halides is 2. The largest absolute Gasteiger partial charge is 0.507 e. The van der Waals surface area contributed by atoms with Crippen molar-refractivity contribution in [3.05, 3.63) is 225 Å². The van der Waals surface area contributed by atoms with Gasteiger partial charge in [0.1, 0.15) is 11.4 Å². The summed E-state index contributed by atoms with van der Waals surface area (Å²) in [6.07, 6.45) is 1.24. The Bertz CT molecular complexity index is 4610. The molecule has 3 aromatic heterocycles. The van der Waals surface area contributed by atoms with Crippen molar-refractivity contribution < 1.29 is 72.7 Å². The number of ketones is 2. The topological polar surface area (TPSA) is 405 Å². The van der Waals surface area contributed by atoms with E-state index in [1.54, 1.807) is 89.4 Å². The van der Waals surface area contributed by atoms with Gasteiger partial charge in [0.05, 0.1) is 55.1 Å². The Hall–Kier alpha value is -11.0. The summed E-state index contributed by atoms with van der Waals surface area (Å²) in [5.74, 6) is -0.445. The second kappa shape index (κ2) is 43.9. The molecule has 548 valence electrons. The molecule has 7 aromatic carbocycles. The molecule has 0 spiro atoms. The minimum atomic E-state index is -0.609. The number of carbonyl (C=O) groups is 5. The van der Waals surface area contributed by atoms with Crippen molar-refractivity contribution in [3.8, 4) is 39.5 Å². The number of thiocarbonyl (C=S) groups is 1. The molecule has 4 heterocycles. The Morgan fingerprint density at radius 1 is 0.762 bits per heavy atom. The third-order valence-electron chi connectivity index (χ3n) is 13.9. The van der Waals surface area contributed by atoms with Crippen molar-refractivity contribution >= 4 is 160 Å². The quantitative estimate of drug-likeness (QED) is 0.0121. The molecule has 11 rings (SSSR count). The number of non-ortho nitro benzene ring substituents is 2. The van der Waals surface area contributed by atoms with Gasteiger partial charge in [0, 0.05) is 122 Å². The lowest BCUT2D eigenvalue weighted by Gasteiger charge is -2.19. The first kappa shape index (κ1) is 86.4. The van der Waals surface area contributed by atoms with Crippen LogP contribution in [0.5, 0.6) is 5.75 Å². The normalized spacial score (nSPS) is 11.2. The van der Waals surface area contributed by atoms with Gasteiger partial charge in [-0.3, -0.25) is 39.9 Å². The number of nitrogens with two attached hydrogens (primary N) is 2. The van der Waals surface area contributed by atoms with Crippen LogP contribution in [0.3, 0.4) is 0 Å². The maximum atomic E-state index is 13.7. The number of thiazole rings is 3. The van der Waals surface area contributed by atoms with E-state index in [0.29, 0.717) is 57.9 Å². The molecular formula is C73H71BrClN9O17S4. The van der Waals surface area contributed by atoms with Crippen LogP contribution in [0.4, 0.5) is 33.2 Å². The highest BCUT2D eigenvalue weighted by Crippen LogP contribution is 2.47. The van der Waals surface area contributed by atoms with Crippen molar-refractivity contribution in [2.75, 3.05) is 46.9 Å². The van der Waals surface area contributed by atoms with Crippen molar-refractivity contribution in [1.82, 2.24) is 15.0 Å². The number of phenolic OH excluding ortho intramolecular Hbond substituents is 1. The number of nitrogens with zero attached hydrogens (tertiary/aromatic N) is 6. The van der Waals surface area contributed by atoms with Crippen molar-refractivity contribution in [3.63, 3.8) is 0 Å². The van der Waals surface area contributed by atoms with E-state index >= 15 is 0 Å². The molecule has 105 heavy (non-hydrogen) atoms. The number of hydrogen-bond acceptors (Lipinski definition) is 25. The number of aliphatic hydroxyl groups is 1. The van der Waals surface area contributed by atoms with Gasteiger partial charge < -0.3 is 36.1 Å². The van der Waals surface area contributed by atoms with Crippen LogP contribution in [-0.2, 0) is 46.3 Å². The van der Waals surface area contributed by atoms with E-state index in [9.17, 15) is 49.3 Å². The Morgan fingerprint density at radius 2 is 1.28 bits per heavy atom. The molecule has 2 amide bonds. The summed E-state index contributed by atoms with van der Waals surface area (Å²) in [6, 6.07) is 41.5. The van der Waals surface area contributed by atoms with Crippen LogP contribution in [0.2, 0.25) is 0 Å². The lowest BCUT2D eigenvalue weighted by atomic mass is 9.92. The van der Waals surface area contributed by atoms with Crippen LogP contribution >= 0.6 is 73.8 Å². The highest BCUT2D eigenvalue weighted by atomic mass is 79.9. The monoisotopic (exact) mass is 1590 g/mol. The average Bonchev–Trinajstić information content (AvgIpc) is 1.62. The zero-order valence-electron chi connectivity index (χ0n) is 57.4. The zero-order valence-corrected chi connectivity index (χ0v) is 63.0. The Balaban J connectivity index is 0.000000300. The second-order valence-electron chi connectivity index (χ2n) is 22.3. The Labute approximate surface area is 633 Å². The third-order valence-corrected chi connectivity index (χ3v) is 17.4. The predicted molar refractivity (Wildman–Crippen MR) is 410 cm³/mol. The number of Topliss-reactive ketones (excluding diaryl/α,β-unsaturated/α-hetero) is 2. The van der Waals surface area contributed by atoms with Gasteiger partial charge in [0.15, 0.2) is 21.6 Å². The minimum Gasteiger partial charge on any atom is -0.507 e. The molecule has 7 N–H and O–H groups in total. The fraction of sp³-hybridized carbons (Fsp3) is 0.219. The van der Waals surface area contributed by atoms with E-state index in [4.69, 9.17) is 52.1 Å². The Kier molecular flexibility index (Phi) is 36.1. The van der Waals surface area contributed by atoms with Crippen molar-refractivity contribution in [1.29, 1.82) is 0 Å². The highest BCUT2D eigenvalue weighted by molar-refractivity contribution is 9.09. The number of halogens is 2. The van der Waals surface area contributed by atoms with Gasteiger partial charge in [-0.1, -0.05) is 89.7 Å². The summed E-state index contributed by atoms with van der Waals surface area (Å²) in [5, 5.41) is 51.0. The number of benzene rings is 7. The third kappa shape index (κ3) is 27.3. The average molecular weight is 1590 g/mol. The fourth-order valence-electron chi connectivity index (χ4n) is 9.30. The maximum Gasteiger partial charge on any atom is 0.412 e. The van der Waals surface area contributed by atoms with Crippen LogP contribution in [0.1, 0.15) is 99.7 Å². The van der Waals surface area contributed by atoms with E-state index in [1.807, 2.05) is 111 Å². The van der Waals surface area contributed by atoms with Gasteiger partial charge in [0.25, 0.3) is 17.3 Å². The first-order valence-corrected chi connectivity index (χ1v) is 36.0. The summed E-state index contributed by atoms with van der Waals surface area (Å²) in [7, 11) is 0. The summed E-state index contributed by atoms with van der Waals surface area (Å²) < 4.78 is 9.58. The number of fused-ring (bicyclic) bond motifs is 3. The number of hydrogen-bond donors (Lipinski definition) is 5. The van der Waals surface area contributed by atoms with Crippen LogP contribution < -0.4 is 21.7 Å². The molecule has 1 aliphatic heterocycles. The number of phenols is 1. The number of aliphatic hydroxyl groups excluding tert-OH is 1. The van der Waals surface area contributed by atoms with Crippen molar-refractivity contribution in [2.24, 2.45) is 5.73 Å². The van der Waals surface area contributed by atoms with Gasteiger partial charge in [-0.2, -0.15) is 19.2 Å². The molecule has 0 radical (unpaired) electrons. The number of nitro benzene ring substituents is 2. The van der Waals surface area contributed by atoms with Gasteiger partial charge in [-0.25, -0.2) is 24.5 Å². The molecule has 0 saturated heterocycles. The first-order chi connectivity index (χ1) is 50.0.